The Hall–Kier alpha value is 0.103. The molecule has 0 aromatic carbocycles. The summed E-state index contributed by atoms with van der Waals surface area (Å²) in [5.74, 6) is 0. The molecular weight excluding hydrogens is 161 g/mol. The van der Waals surface area contributed by atoms with Crippen LogP contribution in [0.5, 0.6) is 0 Å². The van der Waals surface area contributed by atoms with E-state index in [4.69, 9.17) is 0 Å². The molecule has 0 saturated heterocycles. The van der Waals surface area contributed by atoms with E-state index < -0.39 is 0 Å². The van der Waals surface area contributed by atoms with E-state index in [1.54, 1.807) is 0 Å². The summed E-state index contributed by atoms with van der Waals surface area (Å²) in [5.41, 5.74) is 0. The minimum atomic E-state index is 0. The average molecular weight is 167 g/mol. The van der Waals surface area contributed by atoms with Crippen LogP contribution in [0, 0.1) is 0 Å². The van der Waals surface area contributed by atoms with Crippen LogP contribution >= 0.6 is 0 Å². The van der Waals surface area contributed by atoms with Crippen LogP contribution in [0.25, 0.3) is 0 Å². The first-order valence-corrected chi connectivity index (χ1v) is 2.76. The summed E-state index contributed by atoms with van der Waals surface area (Å²) >= 11 is 2.59. The Morgan fingerprint density at radius 2 is 2.67 bits per heavy atom. The molecular formula is C5H6Ru-. The first kappa shape index (κ1) is 4.27. The molecule has 1 rings (SSSR count). The summed E-state index contributed by atoms with van der Waals surface area (Å²) in [5, 5.41) is 0. The summed E-state index contributed by atoms with van der Waals surface area (Å²) in [7, 11) is 0. The van der Waals surface area contributed by atoms with Crippen molar-refractivity contribution < 1.29 is 19.7 Å². The fourth-order valence-corrected chi connectivity index (χ4v) is 0.788. The van der Waals surface area contributed by atoms with Crippen molar-refractivity contribution in [3.05, 3.63) is 22.4 Å². The molecule has 6 heavy (non-hydrogen) atoms. The average Bonchev–Trinajstić information content (AvgIpc) is 1.86. The van der Waals surface area contributed by atoms with Gasteiger partial charge in [-0.3, -0.25) is 0 Å². The topological polar surface area (TPSA) is 0 Å². The van der Waals surface area contributed by atoms with Gasteiger partial charge in [0, 0.05) is 0 Å². The monoisotopic (exact) mass is 168 g/mol. The van der Waals surface area contributed by atoms with Crippen molar-refractivity contribution in [1.29, 1.82) is 0 Å². The van der Waals surface area contributed by atoms with Gasteiger partial charge in [0.2, 0.25) is 0 Å². The van der Waals surface area contributed by atoms with Gasteiger partial charge in [0.25, 0.3) is 0 Å². The molecule has 0 amide bonds. The molecule has 0 nitrogen and oxygen atoms in total. The fraction of sp³-hybridized carbons (Fsp3) is 0.200. The zero-order valence-corrected chi connectivity index (χ0v) is 5.03. The predicted octanol–water partition coefficient (Wildman–Crippen LogP) is 1.49. The van der Waals surface area contributed by atoms with Crippen molar-refractivity contribution in [2.45, 2.75) is 6.42 Å². The quantitative estimate of drug-likeness (QED) is 0.479. The standard InChI is InChI=1S/C5H5.Ru.H/c1-2-4-5-3-1;;/h1-3H,4H2;;/q;;-1. The van der Waals surface area contributed by atoms with Crippen molar-refractivity contribution in [3.8, 4) is 0 Å². The van der Waals surface area contributed by atoms with Gasteiger partial charge in [-0.25, -0.2) is 0 Å². The van der Waals surface area contributed by atoms with E-state index in [1.165, 1.54) is 4.17 Å². The number of rotatable bonds is 0. The van der Waals surface area contributed by atoms with Crippen molar-refractivity contribution in [2.24, 2.45) is 0 Å². The fourth-order valence-electron chi connectivity index (χ4n) is 0.416. The second-order valence-electron chi connectivity index (χ2n) is 1.23. The maximum atomic E-state index is 2.59. The van der Waals surface area contributed by atoms with Gasteiger partial charge >= 0.3 is 47.1 Å². The zero-order chi connectivity index (χ0) is 4.41. The predicted molar refractivity (Wildman–Crippen MR) is 23.0 cm³/mol. The Bertz CT molecular complexity index is 105. The Morgan fingerprint density at radius 1 is 1.83 bits per heavy atom. The van der Waals surface area contributed by atoms with Gasteiger partial charge < -0.3 is 1.43 Å². The molecule has 0 aliphatic heterocycles. The molecule has 0 spiro atoms. The third-order valence-corrected chi connectivity index (χ3v) is 1.36. The van der Waals surface area contributed by atoms with Crippen molar-refractivity contribution >= 4 is 0 Å². The van der Waals surface area contributed by atoms with Crippen molar-refractivity contribution in [3.63, 3.8) is 0 Å². The first-order chi connectivity index (χ1) is 2.89. The molecule has 0 aromatic heterocycles. The zero-order valence-electron chi connectivity index (χ0n) is 4.29. The molecule has 1 aliphatic carbocycles. The molecule has 0 atom stereocenters. The molecule has 0 saturated carbocycles. The normalized spacial score (nSPS) is 18.5. The number of hydrogen-bond acceptors (Lipinski definition) is 0. The third-order valence-electron chi connectivity index (χ3n) is 0.717. The third kappa shape index (κ3) is 0.783. The second-order valence-corrected chi connectivity index (χ2v) is 2.35. The van der Waals surface area contributed by atoms with Gasteiger partial charge in [0.05, 0.1) is 0 Å². The van der Waals surface area contributed by atoms with Crippen LogP contribution in [-0.4, -0.2) is 0 Å². The van der Waals surface area contributed by atoms with Crippen LogP contribution in [0.15, 0.2) is 22.4 Å². The Morgan fingerprint density at radius 3 is 2.83 bits per heavy atom. The van der Waals surface area contributed by atoms with E-state index in [9.17, 15) is 0 Å². The van der Waals surface area contributed by atoms with E-state index in [-0.39, 0.29) is 1.43 Å². The van der Waals surface area contributed by atoms with Gasteiger partial charge in [-0.2, -0.15) is 0 Å². The summed E-state index contributed by atoms with van der Waals surface area (Å²) in [6, 6.07) is 0. The molecule has 35 valence electrons. The van der Waals surface area contributed by atoms with E-state index >= 15 is 0 Å². The van der Waals surface area contributed by atoms with E-state index in [0.717, 1.165) is 6.42 Å². The number of hydrogen-bond donors (Lipinski definition) is 0. The van der Waals surface area contributed by atoms with Gasteiger partial charge in [-0.05, 0) is 0 Å². The molecule has 0 unspecified atom stereocenters. The second kappa shape index (κ2) is 1.70. The SMILES string of the molecule is [H-].[Ru][C]1=CC=CC1. The van der Waals surface area contributed by atoms with Crippen LogP contribution < -0.4 is 0 Å². The van der Waals surface area contributed by atoms with Crippen molar-refractivity contribution in [1.82, 2.24) is 0 Å². The minimum absolute atomic E-state index is 0. The van der Waals surface area contributed by atoms with Crippen LogP contribution in [0.3, 0.4) is 0 Å². The molecule has 0 heterocycles. The summed E-state index contributed by atoms with van der Waals surface area (Å²) in [4.78, 5) is 0. The molecule has 0 aromatic rings. The first-order valence-electron chi connectivity index (χ1n) is 1.89. The van der Waals surface area contributed by atoms with Gasteiger partial charge in [-0.15, -0.1) is 0 Å². The molecule has 1 aliphatic rings. The van der Waals surface area contributed by atoms with Crippen LogP contribution in [0.2, 0.25) is 0 Å². The van der Waals surface area contributed by atoms with E-state index in [1.807, 2.05) is 0 Å². The Kier molecular flexibility index (Phi) is 1.21. The molecule has 0 fully saturated rings. The number of allylic oxidation sites excluding steroid dienone is 4. The molecule has 0 bridgehead atoms. The Balaban J connectivity index is 0.000000360. The molecule has 1 heteroatoms. The molecule has 0 N–H and O–H groups in total. The van der Waals surface area contributed by atoms with Crippen LogP contribution in [0.1, 0.15) is 7.85 Å². The van der Waals surface area contributed by atoms with Gasteiger partial charge in [0.15, 0.2) is 0 Å². The maximum absolute atomic E-state index is 2.59. The van der Waals surface area contributed by atoms with Crippen LogP contribution in [-0.2, 0) is 18.3 Å². The van der Waals surface area contributed by atoms with Gasteiger partial charge in [0.1, 0.15) is 0 Å². The summed E-state index contributed by atoms with van der Waals surface area (Å²) in [6.07, 6.45) is 7.46. The molecule has 0 radical (unpaired) electrons. The van der Waals surface area contributed by atoms with E-state index in [0.29, 0.717) is 0 Å². The van der Waals surface area contributed by atoms with Crippen LogP contribution in [0.4, 0.5) is 0 Å². The van der Waals surface area contributed by atoms with Crippen molar-refractivity contribution in [2.75, 3.05) is 0 Å². The van der Waals surface area contributed by atoms with Gasteiger partial charge in [-0.1, -0.05) is 0 Å². The summed E-state index contributed by atoms with van der Waals surface area (Å²) < 4.78 is 1.40. The Labute approximate surface area is 49.1 Å². The summed E-state index contributed by atoms with van der Waals surface area (Å²) in [6.45, 7) is 0. The van der Waals surface area contributed by atoms with E-state index in [2.05, 4.69) is 36.5 Å².